The molecule has 1 aliphatic rings. The summed E-state index contributed by atoms with van der Waals surface area (Å²) in [4.78, 5) is 56.0. The molecule has 1 aliphatic heterocycles. The van der Waals surface area contributed by atoms with Gasteiger partial charge >= 0.3 is 5.97 Å². The number of aromatic nitrogens is 2. The number of esters is 1. The summed E-state index contributed by atoms with van der Waals surface area (Å²) in [5.74, 6) is -2.24. The van der Waals surface area contributed by atoms with Crippen LogP contribution in [0, 0.1) is 6.92 Å². The third-order valence-corrected chi connectivity index (χ3v) is 5.33. The quantitative estimate of drug-likeness (QED) is 0.280. The van der Waals surface area contributed by atoms with Crippen LogP contribution in [0.2, 0.25) is 0 Å². The first-order valence-electron chi connectivity index (χ1n) is 9.68. The molecule has 2 amide bonds. The van der Waals surface area contributed by atoms with Crippen molar-refractivity contribution in [1.29, 1.82) is 0 Å². The zero-order valence-corrected chi connectivity index (χ0v) is 16.8. The number of carbonyl (C=O) groups excluding carboxylic acids is 3. The Kier molecular flexibility index (Phi) is 5.02. The smallest absolute Gasteiger partial charge is 0.342 e. The van der Waals surface area contributed by atoms with Crippen molar-refractivity contribution in [2.75, 3.05) is 5.73 Å². The van der Waals surface area contributed by atoms with Crippen LogP contribution in [0.25, 0.3) is 10.9 Å². The van der Waals surface area contributed by atoms with Crippen molar-refractivity contribution in [3.8, 4) is 0 Å². The molecule has 1 fully saturated rings. The molecule has 2 aromatic carbocycles. The van der Waals surface area contributed by atoms with E-state index in [0.29, 0.717) is 16.8 Å². The number of benzene rings is 2. The number of nitrogen functional groups attached to an aromatic ring is 1. The minimum atomic E-state index is -2.06. The van der Waals surface area contributed by atoms with Crippen LogP contribution in [-0.2, 0) is 31.3 Å². The summed E-state index contributed by atoms with van der Waals surface area (Å²) >= 11 is 0. The molecule has 0 bridgehead atoms. The average Bonchev–Trinajstić information content (AvgIpc) is 2.75. The molecule has 31 heavy (non-hydrogen) atoms. The largest absolute Gasteiger partial charge is 0.459 e. The predicted molar refractivity (Wildman–Crippen MR) is 112 cm³/mol. The van der Waals surface area contributed by atoms with Crippen LogP contribution in [0.3, 0.4) is 0 Å². The summed E-state index contributed by atoms with van der Waals surface area (Å²) in [5.41, 5.74) is 4.58. The van der Waals surface area contributed by atoms with Gasteiger partial charge in [0.15, 0.2) is 0 Å². The first kappa shape index (κ1) is 20.3. The van der Waals surface area contributed by atoms with Gasteiger partial charge in [-0.25, -0.2) is 9.78 Å². The number of nitrogens with zero attached hydrogens (tertiary/aromatic N) is 2. The fourth-order valence-corrected chi connectivity index (χ4v) is 3.81. The van der Waals surface area contributed by atoms with E-state index < -0.39 is 28.9 Å². The Labute approximate surface area is 176 Å². The molecule has 1 aromatic heterocycles. The predicted octanol–water partition coefficient (Wildman–Crippen LogP) is 1.16. The lowest BCUT2D eigenvalue weighted by Crippen LogP contribution is -2.62. The number of hydrogen-bond acceptors (Lipinski definition) is 7. The highest BCUT2D eigenvalue weighted by Gasteiger charge is 2.54. The second-order valence-corrected chi connectivity index (χ2v) is 7.38. The van der Waals surface area contributed by atoms with E-state index in [9.17, 15) is 19.2 Å². The minimum Gasteiger partial charge on any atom is -0.459 e. The summed E-state index contributed by atoms with van der Waals surface area (Å²) < 4.78 is 6.47. The van der Waals surface area contributed by atoms with Gasteiger partial charge in [0.25, 0.3) is 11.5 Å². The normalized spacial score (nSPS) is 18.6. The molecule has 0 spiro atoms. The van der Waals surface area contributed by atoms with Gasteiger partial charge in [0.2, 0.25) is 11.4 Å². The Hall–Kier alpha value is -4.01. The Morgan fingerprint density at radius 3 is 2.65 bits per heavy atom. The number of fused-ring (bicyclic) bond motifs is 1. The van der Waals surface area contributed by atoms with Gasteiger partial charge in [-0.3, -0.25) is 24.3 Å². The fourth-order valence-electron chi connectivity index (χ4n) is 3.81. The van der Waals surface area contributed by atoms with Crippen molar-refractivity contribution < 1.29 is 19.1 Å². The van der Waals surface area contributed by atoms with Crippen LogP contribution < -0.4 is 16.6 Å². The topological polar surface area (TPSA) is 133 Å². The third kappa shape index (κ3) is 3.43. The van der Waals surface area contributed by atoms with Gasteiger partial charge in [0.1, 0.15) is 12.4 Å². The van der Waals surface area contributed by atoms with Gasteiger partial charge in [0, 0.05) is 12.1 Å². The van der Waals surface area contributed by atoms with E-state index in [1.165, 1.54) is 13.0 Å². The summed E-state index contributed by atoms with van der Waals surface area (Å²) in [6.07, 6.45) is -0.353. The van der Waals surface area contributed by atoms with Gasteiger partial charge in [-0.05, 0) is 37.1 Å². The van der Waals surface area contributed by atoms with Crippen molar-refractivity contribution >= 4 is 34.4 Å². The summed E-state index contributed by atoms with van der Waals surface area (Å²) in [6, 6.07) is 13.6. The highest BCUT2D eigenvalue weighted by molar-refractivity contribution is 6.13. The van der Waals surface area contributed by atoms with E-state index in [-0.39, 0.29) is 30.7 Å². The van der Waals surface area contributed by atoms with Crippen LogP contribution >= 0.6 is 0 Å². The van der Waals surface area contributed by atoms with E-state index >= 15 is 0 Å². The standard InChI is InChI=1S/C22H20N4O5/c1-13-24-17-8-7-15(23)11-16(17)19(28)26(13)22(10-9-18(27)25-20(22)29)21(30)31-12-14-5-3-2-4-6-14/h2-8,11H,9-10,12,23H2,1H3,(H,25,27,29). The molecular formula is C22H20N4O5. The maximum atomic E-state index is 13.4. The number of nitrogens with two attached hydrogens (primary N) is 1. The highest BCUT2D eigenvalue weighted by Crippen LogP contribution is 2.30. The molecule has 9 nitrogen and oxygen atoms in total. The van der Waals surface area contributed by atoms with E-state index in [1.54, 1.807) is 36.4 Å². The molecule has 158 valence electrons. The highest BCUT2D eigenvalue weighted by atomic mass is 16.5. The fraction of sp³-hybridized carbons (Fsp3) is 0.227. The van der Waals surface area contributed by atoms with Crippen molar-refractivity contribution in [3.63, 3.8) is 0 Å². The molecule has 0 aliphatic carbocycles. The van der Waals surface area contributed by atoms with Gasteiger partial charge in [-0.2, -0.15) is 0 Å². The molecule has 2 heterocycles. The number of piperidine rings is 1. The monoisotopic (exact) mass is 420 g/mol. The molecule has 0 radical (unpaired) electrons. The number of nitrogens with one attached hydrogen (secondary N) is 1. The van der Waals surface area contributed by atoms with Gasteiger partial charge < -0.3 is 10.5 Å². The molecule has 4 rings (SSSR count). The number of imide groups is 1. The number of hydrogen-bond donors (Lipinski definition) is 2. The molecule has 9 heteroatoms. The molecule has 1 saturated heterocycles. The number of amides is 2. The van der Waals surface area contributed by atoms with Crippen molar-refractivity contribution in [2.24, 2.45) is 0 Å². The van der Waals surface area contributed by atoms with Crippen molar-refractivity contribution in [3.05, 3.63) is 70.3 Å². The summed E-state index contributed by atoms with van der Waals surface area (Å²) in [7, 11) is 0. The Balaban J connectivity index is 1.86. The number of rotatable bonds is 4. The summed E-state index contributed by atoms with van der Waals surface area (Å²) in [6.45, 7) is 1.43. The Morgan fingerprint density at radius 1 is 1.19 bits per heavy atom. The lowest BCUT2D eigenvalue weighted by atomic mass is 9.87. The number of carbonyl (C=O) groups is 3. The molecular weight excluding hydrogens is 400 g/mol. The zero-order valence-electron chi connectivity index (χ0n) is 16.8. The maximum Gasteiger partial charge on any atom is 0.342 e. The van der Waals surface area contributed by atoms with Crippen LogP contribution in [0.1, 0.15) is 24.2 Å². The van der Waals surface area contributed by atoms with Crippen LogP contribution in [0.15, 0.2) is 53.3 Å². The third-order valence-electron chi connectivity index (χ3n) is 5.33. The Morgan fingerprint density at radius 2 is 1.94 bits per heavy atom. The second-order valence-electron chi connectivity index (χ2n) is 7.38. The molecule has 3 aromatic rings. The zero-order chi connectivity index (χ0) is 22.2. The van der Waals surface area contributed by atoms with E-state index in [0.717, 1.165) is 4.57 Å². The van der Waals surface area contributed by atoms with Gasteiger partial charge in [-0.1, -0.05) is 30.3 Å². The molecule has 1 atom stereocenters. The average molecular weight is 420 g/mol. The van der Waals surface area contributed by atoms with Gasteiger partial charge in [0.05, 0.1) is 10.9 Å². The van der Waals surface area contributed by atoms with Crippen LogP contribution in [0.4, 0.5) is 5.69 Å². The van der Waals surface area contributed by atoms with E-state index in [1.807, 2.05) is 6.07 Å². The number of anilines is 1. The second kappa shape index (κ2) is 7.67. The number of ether oxygens (including phenoxy) is 1. The van der Waals surface area contributed by atoms with Gasteiger partial charge in [-0.15, -0.1) is 0 Å². The van der Waals surface area contributed by atoms with E-state index in [4.69, 9.17) is 10.5 Å². The SMILES string of the molecule is Cc1nc2ccc(N)cc2c(=O)n1C1(C(=O)OCc2ccccc2)CCC(=O)NC1=O. The molecule has 0 saturated carbocycles. The molecule has 3 N–H and O–H groups in total. The summed E-state index contributed by atoms with van der Waals surface area (Å²) in [5, 5.41) is 2.33. The first-order chi connectivity index (χ1) is 14.8. The van der Waals surface area contributed by atoms with Crippen LogP contribution in [-0.4, -0.2) is 27.3 Å². The van der Waals surface area contributed by atoms with Crippen LogP contribution in [0.5, 0.6) is 0 Å². The lowest BCUT2D eigenvalue weighted by molar-refractivity contribution is -0.164. The Bertz CT molecular complexity index is 1270. The first-order valence-corrected chi connectivity index (χ1v) is 9.68. The lowest BCUT2D eigenvalue weighted by Gasteiger charge is -2.35. The molecule has 1 unspecified atom stereocenters. The maximum absolute atomic E-state index is 13.4. The number of aryl methyl sites for hydroxylation is 1. The van der Waals surface area contributed by atoms with E-state index in [2.05, 4.69) is 10.3 Å². The van der Waals surface area contributed by atoms with Crippen molar-refractivity contribution in [2.45, 2.75) is 31.9 Å². The minimum absolute atomic E-state index is 0.0929. The van der Waals surface area contributed by atoms with Crippen molar-refractivity contribution in [1.82, 2.24) is 14.9 Å².